The van der Waals surface area contributed by atoms with Gasteiger partial charge in [0.15, 0.2) is 0 Å². The summed E-state index contributed by atoms with van der Waals surface area (Å²) in [5.74, 6) is 0. The normalized spacial score (nSPS) is 21.0. The minimum absolute atomic E-state index is 0.309. The van der Waals surface area contributed by atoms with E-state index in [-0.39, 0.29) is 0 Å². The highest BCUT2D eigenvalue weighted by Gasteiger charge is 2.16. The van der Waals surface area contributed by atoms with Gasteiger partial charge in [0.25, 0.3) is 0 Å². The highest BCUT2D eigenvalue weighted by atomic mass is 16.5. The van der Waals surface area contributed by atoms with Gasteiger partial charge in [-0.3, -0.25) is 0 Å². The number of hydrogen-bond donors (Lipinski definition) is 2. The highest BCUT2D eigenvalue weighted by molar-refractivity contribution is 5.82. The third kappa shape index (κ3) is 2.97. The number of morpholine rings is 1. The van der Waals surface area contributed by atoms with Gasteiger partial charge < -0.3 is 19.9 Å². The molecule has 2 N–H and O–H groups in total. The minimum Gasteiger partial charge on any atom is -0.374 e. The molecule has 102 valence electrons. The molecule has 0 spiro atoms. The monoisotopic (exact) mass is 259 g/mol. The van der Waals surface area contributed by atoms with Gasteiger partial charge in [-0.25, -0.2) is 0 Å². The third-order valence-corrected chi connectivity index (χ3v) is 3.71. The van der Waals surface area contributed by atoms with Crippen molar-refractivity contribution in [2.24, 2.45) is 0 Å². The Morgan fingerprint density at radius 1 is 1.42 bits per heavy atom. The minimum atomic E-state index is 0.309. The van der Waals surface area contributed by atoms with E-state index in [9.17, 15) is 0 Å². The lowest BCUT2D eigenvalue weighted by molar-refractivity contribution is -0.0182. The molecule has 2 heterocycles. The molecule has 1 aliphatic heterocycles. The summed E-state index contributed by atoms with van der Waals surface area (Å²) < 4.78 is 5.75. The Kier molecular flexibility index (Phi) is 3.82. The van der Waals surface area contributed by atoms with Crippen LogP contribution in [0.2, 0.25) is 0 Å². The zero-order chi connectivity index (χ0) is 13.1. The standard InChI is InChI=1S/C15H21N3O/c1-18-7-8-19-13(11-18)10-16-9-12-3-2-4-15-14(12)5-6-17-15/h2-6,13,16-17H,7-11H2,1H3. The molecule has 0 amide bonds. The zero-order valence-electron chi connectivity index (χ0n) is 11.4. The molecule has 2 aromatic rings. The molecule has 1 fully saturated rings. The number of rotatable bonds is 4. The van der Waals surface area contributed by atoms with Crippen molar-refractivity contribution in [2.75, 3.05) is 33.3 Å². The number of likely N-dealkylation sites (N-methyl/N-ethyl adjacent to an activating group) is 1. The largest absolute Gasteiger partial charge is 0.374 e. The first kappa shape index (κ1) is 12.7. The molecule has 1 atom stereocenters. The molecule has 0 bridgehead atoms. The van der Waals surface area contributed by atoms with E-state index < -0.39 is 0 Å². The first-order valence-corrected chi connectivity index (χ1v) is 6.89. The summed E-state index contributed by atoms with van der Waals surface area (Å²) >= 11 is 0. The molecule has 1 aromatic heterocycles. The maximum absolute atomic E-state index is 5.75. The van der Waals surface area contributed by atoms with Crippen LogP contribution in [0.4, 0.5) is 0 Å². The fourth-order valence-electron chi connectivity index (χ4n) is 2.66. The van der Waals surface area contributed by atoms with Crippen molar-refractivity contribution in [1.82, 2.24) is 15.2 Å². The number of nitrogens with zero attached hydrogens (tertiary/aromatic N) is 1. The molecular formula is C15H21N3O. The van der Waals surface area contributed by atoms with E-state index in [1.807, 2.05) is 6.20 Å². The SMILES string of the molecule is CN1CCOC(CNCc2cccc3[nH]ccc23)C1. The molecule has 0 saturated carbocycles. The van der Waals surface area contributed by atoms with Gasteiger partial charge in [0.2, 0.25) is 0 Å². The molecule has 1 aromatic carbocycles. The summed E-state index contributed by atoms with van der Waals surface area (Å²) in [7, 11) is 2.15. The number of benzene rings is 1. The Morgan fingerprint density at radius 2 is 2.37 bits per heavy atom. The second kappa shape index (κ2) is 5.74. The number of H-pyrrole nitrogens is 1. The lowest BCUT2D eigenvalue weighted by Crippen LogP contribution is -2.44. The molecule has 1 unspecified atom stereocenters. The van der Waals surface area contributed by atoms with E-state index in [1.165, 1.54) is 16.5 Å². The van der Waals surface area contributed by atoms with E-state index in [0.29, 0.717) is 6.10 Å². The summed E-state index contributed by atoms with van der Waals surface area (Å²) in [5.41, 5.74) is 2.54. The van der Waals surface area contributed by atoms with Crippen molar-refractivity contribution in [3.8, 4) is 0 Å². The van der Waals surface area contributed by atoms with Crippen LogP contribution in [0.5, 0.6) is 0 Å². The van der Waals surface area contributed by atoms with Crippen LogP contribution in [0.25, 0.3) is 10.9 Å². The van der Waals surface area contributed by atoms with Crippen molar-refractivity contribution < 1.29 is 4.74 Å². The maximum Gasteiger partial charge on any atom is 0.0826 e. The van der Waals surface area contributed by atoms with Crippen LogP contribution in [-0.4, -0.2) is 49.3 Å². The topological polar surface area (TPSA) is 40.3 Å². The Hall–Kier alpha value is -1.36. The van der Waals surface area contributed by atoms with Gasteiger partial charge in [-0.15, -0.1) is 0 Å². The molecule has 0 aliphatic carbocycles. The van der Waals surface area contributed by atoms with Crippen molar-refractivity contribution in [3.05, 3.63) is 36.0 Å². The van der Waals surface area contributed by atoms with E-state index >= 15 is 0 Å². The smallest absolute Gasteiger partial charge is 0.0826 e. The van der Waals surface area contributed by atoms with E-state index in [1.54, 1.807) is 0 Å². The molecule has 4 nitrogen and oxygen atoms in total. The van der Waals surface area contributed by atoms with E-state index in [2.05, 4.69) is 46.5 Å². The molecule has 0 radical (unpaired) electrons. The average Bonchev–Trinajstić information content (AvgIpc) is 2.88. The third-order valence-electron chi connectivity index (χ3n) is 3.71. The number of ether oxygens (including phenoxy) is 1. The fourth-order valence-corrected chi connectivity index (χ4v) is 2.66. The van der Waals surface area contributed by atoms with E-state index in [4.69, 9.17) is 4.74 Å². The molecule has 4 heteroatoms. The van der Waals surface area contributed by atoms with Gasteiger partial charge in [0.1, 0.15) is 0 Å². The molecule has 3 rings (SSSR count). The fraction of sp³-hybridized carbons (Fsp3) is 0.467. The second-order valence-electron chi connectivity index (χ2n) is 5.24. The summed E-state index contributed by atoms with van der Waals surface area (Å²) in [4.78, 5) is 5.57. The van der Waals surface area contributed by atoms with Crippen LogP contribution < -0.4 is 5.32 Å². The van der Waals surface area contributed by atoms with Gasteiger partial charge in [-0.1, -0.05) is 12.1 Å². The van der Waals surface area contributed by atoms with Crippen LogP contribution in [0.15, 0.2) is 30.5 Å². The first-order chi connectivity index (χ1) is 9.33. The predicted octanol–water partition coefficient (Wildman–Crippen LogP) is 1.59. The predicted molar refractivity (Wildman–Crippen MR) is 77.2 cm³/mol. The lowest BCUT2D eigenvalue weighted by atomic mass is 10.1. The first-order valence-electron chi connectivity index (χ1n) is 6.89. The second-order valence-corrected chi connectivity index (χ2v) is 5.24. The number of nitrogens with one attached hydrogen (secondary N) is 2. The van der Waals surface area contributed by atoms with Gasteiger partial charge in [-0.05, 0) is 24.7 Å². The lowest BCUT2D eigenvalue weighted by Gasteiger charge is -2.30. The van der Waals surface area contributed by atoms with Gasteiger partial charge in [0, 0.05) is 43.3 Å². The Balaban J connectivity index is 1.56. The Bertz CT molecular complexity index is 537. The van der Waals surface area contributed by atoms with Gasteiger partial charge >= 0.3 is 0 Å². The summed E-state index contributed by atoms with van der Waals surface area (Å²) in [6, 6.07) is 8.52. The van der Waals surface area contributed by atoms with Crippen LogP contribution >= 0.6 is 0 Å². The van der Waals surface area contributed by atoms with Crippen LogP contribution in [0, 0.1) is 0 Å². The maximum atomic E-state index is 5.75. The zero-order valence-corrected chi connectivity index (χ0v) is 11.4. The van der Waals surface area contributed by atoms with Gasteiger partial charge in [0.05, 0.1) is 12.7 Å². The van der Waals surface area contributed by atoms with Crippen LogP contribution in [0.1, 0.15) is 5.56 Å². The number of fused-ring (bicyclic) bond motifs is 1. The van der Waals surface area contributed by atoms with Gasteiger partial charge in [-0.2, -0.15) is 0 Å². The summed E-state index contributed by atoms with van der Waals surface area (Å²) in [6.07, 6.45) is 2.30. The summed E-state index contributed by atoms with van der Waals surface area (Å²) in [5, 5.41) is 4.81. The number of aromatic nitrogens is 1. The van der Waals surface area contributed by atoms with Crippen molar-refractivity contribution in [1.29, 1.82) is 0 Å². The molecule has 1 saturated heterocycles. The molecule has 19 heavy (non-hydrogen) atoms. The highest BCUT2D eigenvalue weighted by Crippen LogP contribution is 2.17. The molecule has 1 aliphatic rings. The quantitative estimate of drug-likeness (QED) is 0.876. The Labute approximate surface area is 113 Å². The summed E-state index contributed by atoms with van der Waals surface area (Å²) in [6.45, 7) is 4.70. The van der Waals surface area contributed by atoms with E-state index in [0.717, 1.165) is 32.8 Å². The van der Waals surface area contributed by atoms with Crippen molar-refractivity contribution in [3.63, 3.8) is 0 Å². The van der Waals surface area contributed by atoms with Crippen molar-refractivity contribution in [2.45, 2.75) is 12.6 Å². The van der Waals surface area contributed by atoms with Crippen LogP contribution in [-0.2, 0) is 11.3 Å². The number of hydrogen-bond acceptors (Lipinski definition) is 3. The molecular weight excluding hydrogens is 238 g/mol. The Morgan fingerprint density at radius 3 is 3.26 bits per heavy atom. The van der Waals surface area contributed by atoms with Crippen molar-refractivity contribution >= 4 is 10.9 Å². The average molecular weight is 259 g/mol. The van der Waals surface area contributed by atoms with Crippen LogP contribution in [0.3, 0.4) is 0 Å². The number of aromatic amines is 1.